The molecule has 36 heavy (non-hydrogen) atoms. The number of rotatable bonds is 6. The number of ether oxygens (including phenoxy) is 3. The van der Waals surface area contributed by atoms with E-state index in [1.165, 1.54) is 20.0 Å². The summed E-state index contributed by atoms with van der Waals surface area (Å²) in [5.74, 6) is 1.48. The number of nitrogens with zero attached hydrogens (tertiary/aromatic N) is 1. The molecule has 0 aromatic heterocycles. The average molecular weight is 528 g/mol. The Labute approximate surface area is 207 Å². The van der Waals surface area contributed by atoms with Gasteiger partial charge in [-0.15, -0.1) is 0 Å². The monoisotopic (exact) mass is 527 g/mol. The van der Waals surface area contributed by atoms with Crippen molar-refractivity contribution in [2.45, 2.75) is 67.2 Å². The van der Waals surface area contributed by atoms with Crippen LogP contribution in [0.1, 0.15) is 43.2 Å². The maximum Gasteiger partial charge on any atom is 0.534 e. The Kier molecular flexibility index (Phi) is 4.44. The molecule has 8 rings (SSSR count). The zero-order chi connectivity index (χ0) is 25.3. The molecule has 5 aliphatic carbocycles. The van der Waals surface area contributed by atoms with Crippen LogP contribution in [-0.2, 0) is 30.9 Å². The minimum absolute atomic E-state index is 0.00728. The number of hydrogen-bond acceptors (Lipinski definition) is 7. The molecule has 4 bridgehead atoms. The number of benzene rings is 1. The number of hydrogen-bond donors (Lipinski definition) is 0. The number of halogens is 3. The molecule has 7 aliphatic rings. The number of piperidine rings is 1. The molecule has 7 nitrogen and oxygen atoms in total. The summed E-state index contributed by atoms with van der Waals surface area (Å²) in [5.41, 5.74) is -6.04. The number of methoxy groups -OCH3 is 2. The zero-order valence-electron chi connectivity index (χ0n) is 20.1. The predicted molar refractivity (Wildman–Crippen MR) is 121 cm³/mol. The molecule has 11 heteroatoms. The van der Waals surface area contributed by atoms with Crippen LogP contribution < -0.4 is 9.47 Å². The second-order valence-electron chi connectivity index (χ2n) is 11.1. The van der Waals surface area contributed by atoms with Gasteiger partial charge in [-0.05, 0) is 68.7 Å². The van der Waals surface area contributed by atoms with Gasteiger partial charge >= 0.3 is 15.6 Å². The fourth-order valence-electron chi connectivity index (χ4n) is 8.21. The first kappa shape index (κ1) is 23.2. The lowest BCUT2D eigenvalue weighted by molar-refractivity contribution is -0.206. The highest BCUT2D eigenvalue weighted by molar-refractivity contribution is 7.87. The number of likely N-dealkylation sites (tertiary alicyclic amines) is 1. The third-order valence-electron chi connectivity index (χ3n) is 9.81. The summed E-state index contributed by atoms with van der Waals surface area (Å²) in [6.07, 6.45) is 5.70. The smallest absolute Gasteiger partial charge is 0.493 e. The van der Waals surface area contributed by atoms with Crippen molar-refractivity contribution < 1.29 is 40.0 Å². The maximum absolute atomic E-state index is 13.4. The van der Waals surface area contributed by atoms with Crippen LogP contribution in [0.4, 0.5) is 13.2 Å². The zero-order valence-corrected chi connectivity index (χ0v) is 20.9. The van der Waals surface area contributed by atoms with Crippen LogP contribution in [-0.4, -0.2) is 63.9 Å². The molecule has 0 unspecified atom stereocenters. The molecule has 2 saturated carbocycles. The lowest BCUT2D eigenvalue weighted by atomic mass is 9.38. The van der Waals surface area contributed by atoms with E-state index in [9.17, 15) is 21.6 Å². The van der Waals surface area contributed by atoms with Gasteiger partial charge < -0.3 is 18.4 Å². The van der Waals surface area contributed by atoms with Crippen molar-refractivity contribution in [1.29, 1.82) is 0 Å². The van der Waals surface area contributed by atoms with Gasteiger partial charge in [0.25, 0.3) is 0 Å². The van der Waals surface area contributed by atoms with E-state index in [4.69, 9.17) is 18.4 Å². The number of fused-ring (bicyclic) bond motifs is 1. The van der Waals surface area contributed by atoms with Gasteiger partial charge in [0, 0.05) is 30.7 Å². The lowest BCUT2D eigenvalue weighted by Crippen LogP contribution is -2.78. The highest BCUT2D eigenvalue weighted by Gasteiger charge is 2.80. The third kappa shape index (κ3) is 2.55. The van der Waals surface area contributed by atoms with Crippen molar-refractivity contribution >= 4 is 10.1 Å². The molecule has 1 aromatic carbocycles. The molecule has 3 fully saturated rings. The second-order valence-corrected chi connectivity index (χ2v) is 12.7. The van der Waals surface area contributed by atoms with Gasteiger partial charge in [0.1, 0.15) is 6.10 Å². The summed E-state index contributed by atoms with van der Waals surface area (Å²) in [7, 11) is -2.94. The van der Waals surface area contributed by atoms with Crippen LogP contribution in [0, 0.1) is 11.3 Å². The largest absolute Gasteiger partial charge is 0.534 e. The Balaban J connectivity index is 1.47. The van der Waals surface area contributed by atoms with E-state index in [0.717, 1.165) is 30.6 Å². The van der Waals surface area contributed by atoms with E-state index in [1.54, 1.807) is 13.2 Å². The maximum atomic E-state index is 13.4. The van der Waals surface area contributed by atoms with E-state index >= 15 is 0 Å². The Bertz CT molecular complexity index is 1290. The fourth-order valence-corrected chi connectivity index (χ4v) is 8.73. The minimum Gasteiger partial charge on any atom is -0.493 e. The van der Waals surface area contributed by atoms with Crippen LogP contribution in [0.5, 0.6) is 11.5 Å². The van der Waals surface area contributed by atoms with Gasteiger partial charge in [-0.1, -0.05) is 6.07 Å². The highest BCUT2D eigenvalue weighted by atomic mass is 32.2. The molecule has 2 heterocycles. The van der Waals surface area contributed by atoms with Crippen LogP contribution in [0.15, 0.2) is 24.0 Å². The first-order valence-electron chi connectivity index (χ1n) is 12.4. The summed E-state index contributed by atoms with van der Waals surface area (Å²) < 4.78 is 87.9. The molecule has 0 N–H and O–H groups in total. The molecule has 2 spiro atoms. The summed E-state index contributed by atoms with van der Waals surface area (Å²) in [6, 6.07) is 3.94. The Morgan fingerprint density at radius 1 is 1.17 bits per heavy atom. The minimum atomic E-state index is -5.89. The Morgan fingerprint density at radius 3 is 2.61 bits per heavy atom. The molecule has 5 atom stereocenters. The van der Waals surface area contributed by atoms with Crippen molar-refractivity contribution in [3.05, 3.63) is 35.1 Å². The van der Waals surface area contributed by atoms with Gasteiger partial charge in [-0.25, -0.2) is 0 Å². The van der Waals surface area contributed by atoms with Crippen molar-refractivity contribution in [3.8, 4) is 11.5 Å². The third-order valence-corrected chi connectivity index (χ3v) is 10.8. The summed E-state index contributed by atoms with van der Waals surface area (Å²) in [4.78, 5) is 2.47. The second kappa shape index (κ2) is 6.91. The SMILES string of the molecule is COc1ccc2c3c1O[C@@H]1[C@]34CCN(CC3CC3)[C@H](C2)[C@@]42C=C(OS(=O)(=O)C(F)(F)F)[C@]1(OC)CC2. The van der Waals surface area contributed by atoms with Gasteiger partial charge in [-0.3, -0.25) is 4.90 Å². The van der Waals surface area contributed by atoms with Gasteiger partial charge in [0.2, 0.25) is 0 Å². The van der Waals surface area contributed by atoms with Crippen molar-refractivity contribution in [3.63, 3.8) is 0 Å². The van der Waals surface area contributed by atoms with Gasteiger partial charge in [-0.2, -0.15) is 21.6 Å². The van der Waals surface area contributed by atoms with E-state index in [1.807, 2.05) is 6.07 Å². The van der Waals surface area contributed by atoms with Crippen molar-refractivity contribution in [2.75, 3.05) is 27.3 Å². The van der Waals surface area contributed by atoms with Crippen LogP contribution in [0.25, 0.3) is 0 Å². The first-order chi connectivity index (χ1) is 17.0. The van der Waals surface area contributed by atoms with Crippen LogP contribution >= 0.6 is 0 Å². The quantitative estimate of drug-likeness (QED) is 0.413. The van der Waals surface area contributed by atoms with Crippen molar-refractivity contribution in [1.82, 2.24) is 4.90 Å². The van der Waals surface area contributed by atoms with Crippen molar-refractivity contribution in [2.24, 2.45) is 11.3 Å². The topological polar surface area (TPSA) is 74.3 Å². The molecule has 1 saturated heterocycles. The molecular weight excluding hydrogens is 499 g/mol. The Morgan fingerprint density at radius 2 is 1.94 bits per heavy atom. The summed E-state index contributed by atoms with van der Waals surface area (Å²) >= 11 is 0. The predicted octanol–water partition coefficient (Wildman–Crippen LogP) is 3.66. The standard InChI is InChI=1S/C25H28F3NO6S/c1-32-16-6-5-15-11-17-22-7-8-24(33-2,18(12-22)35-36(30,31)25(26,27)28)21-23(22,19(15)20(16)34-21)9-10-29(17)13-14-3-4-14/h5-6,12,14,17,21H,3-4,7-11,13H2,1-2H3/t17-,21-,22-,23+,24-/m1/s1. The molecule has 1 aromatic rings. The molecule has 196 valence electrons. The summed E-state index contributed by atoms with van der Waals surface area (Å²) in [5, 5.41) is 0. The van der Waals surface area contributed by atoms with E-state index < -0.39 is 38.2 Å². The number of alkyl halides is 3. The molecule has 2 aliphatic heterocycles. The lowest BCUT2D eigenvalue weighted by Gasteiger charge is -2.70. The normalized spacial score (nSPS) is 38.3. The fraction of sp³-hybridized carbons (Fsp3) is 0.680. The average Bonchev–Trinajstić information content (AvgIpc) is 3.57. The van der Waals surface area contributed by atoms with Crippen LogP contribution in [0.3, 0.4) is 0 Å². The first-order valence-corrected chi connectivity index (χ1v) is 13.8. The summed E-state index contributed by atoms with van der Waals surface area (Å²) in [6.45, 7) is 1.77. The molecular formula is C25H28F3NO6S. The van der Waals surface area contributed by atoms with Crippen LogP contribution in [0.2, 0.25) is 0 Å². The molecule has 0 amide bonds. The molecule has 0 radical (unpaired) electrons. The highest BCUT2D eigenvalue weighted by Crippen LogP contribution is 2.75. The van der Waals surface area contributed by atoms with E-state index in [2.05, 4.69) is 11.0 Å². The van der Waals surface area contributed by atoms with E-state index in [0.29, 0.717) is 36.7 Å². The van der Waals surface area contributed by atoms with Gasteiger partial charge in [0.15, 0.2) is 22.9 Å². The van der Waals surface area contributed by atoms with E-state index in [-0.39, 0.29) is 11.8 Å². The Hall–Kier alpha value is -1.98. The van der Waals surface area contributed by atoms with Gasteiger partial charge in [0.05, 0.1) is 12.5 Å².